The Hall–Kier alpha value is 0.122. The van der Waals surface area contributed by atoms with Crippen molar-refractivity contribution in [3.63, 3.8) is 0 Å². The van der Waals surface area contributed by atoms with Gasteiger partial charge in [-0.3, -0.25) is 0 Å². The molecule has 18 heavy (non-hydrogen) atoms. The van der Waals surface area contributed by atoms with E-state index in [-0.39, 0.29) is 11.5 Å². The van der Waals surface area contributed by atoms with Crippen molar-refractivity contribution in [2.24, 2.45) is 0 Å². The molecule has 6 heteroatoms. The van der Waals surface area contributed by atoms with Crippen LogP contribution < -0.4 is 0 Å². The molecule has 1 aliphatic rings. The first-order chi connectivity index (χ1) is 8.49. The fraction of sp³-hybridized carbons (Fsp3) is 0.750. The van der Waals surface area contributed by atoms with Crippen molar-refractivity contribution in [1.82, 2.24) is 4.90 Å². The van der Waals surface area contributed by atoms with Crippen LogP contribution in [0.3, 0.4) is 0 Å². The van der Waals surface area contributed by atoms with Crippen molar-refractivity contribution in [3.05, 3.63) is 11.1 Å². The highest BCUT2D eigenvalue weighted by Crippen LogP contribution is 2.28. The topological polar surface area (TPSA) is 29.5 Å². The van der Waals surface area contributed by atoms with E-state index in [0.29, 0.717) is 23.7 Å². The van der Waals surface area contributed by atoms with Gasteiger partial charge in [-0.25, -0.2) is 4.79 Å². The number of halogens is 2. The number of carbonyl (C=O) groups excluding carboxylic acids is 1. The molecule has 0 aliphatic carbocycles. The fourth-order valence-corrected chi connectivity index (χ4v) is 2.79. The van der Waals surface area contributed by atoms with Crippen molar-refractivity contribution >= 4 is 45.6 Å². The third-order valence-electron chi connectivity index (χ3n) is 3.04. The highest BCUT2D eigenvalue weighted by Gasteiger charge is 2.29. The van der Waals surface area contributed by atoms with Crippen LogP contribution in [0.5, 0.6) is 0 Å². The number of methoxy groups -OCH3 is 1. The van der Waals surface area contributed by atoms with E-state index in [9.17, 15) is 4.79 Å². The first-order valence-corrected chi connectivity index (χ1v) is 7.62. The number of amides is 1. The Morgan fingerprint density at radius 2 is 2.17 bits per heavy atom. The van der Waals surface area contributed by atoms with Crippen LogP contribution in [0.1, 0.15) is 19.8 Å². The van der Waals surface area contributed by atoms with E-state index in [4.69, 9.17) is 27.9 Å². The summed E-state index contributed by atoms with van der Waals surface area (Å²) in [7, 11) is 1.38. The molecule has 0 aromatic heterocycles. The predicted molar refractivity (Wildman–Crippen MR) is 75.8 cm³/mol. The third-order valence-corrected chi connectivity index (χ3v) is 4.18. The fourth-order valence-electron chi connectivity index (χ4n) is 2.00. The third kappa shape index (κ3) is 4.35. The molecule has 100 valence electrons. The summed E-state index contributed by atoms with van der Waals surface area (Å²) in [6.07, 6.45) is 1.61. The second-order valence-electron chi connectivity index (χ2n) is 4.61. The molecule has 0 fully saturated rings. The molecule has 0 spiro atoms. The van der Waals surface area contributed by atoms with Gasteiger partial charge >= 0.3 is 6.09 Å². The maximum Gasteiger partial charge on any atom is 0.410 e. The minimum absolute atomic E-state index is 0.0450. The molecule has 1 heterocycles. The van der Waals surface area contributed by atoms with E-state index in [1.54, 1.807) is 4.90 Å². The van der Waals surface area contributed by atoms with Crippen molar-refractivity contribution in [3.8, 4) is 0 Å². The van der Waals surface area contributed by atoms with Gasteiger partial charge in [0.15, 0.2) is 0 Å². The summed E-state index contributed by atoms with van der Waals surface area (Å²) in [6.45, 7) is 3.21. The summed E-state index contributed by atoms with van der Waals surface area (Å²) in [4.78, 5) is 13.1. The zero-order chi connectivity index (χ0) is 13.7. The Kier molecular flexibility index (Phi) is 6.87. The van der Waals surface area contributed by atoms with E-state index in [2.05, 4.69) is 23.2 Å². The smallest absolute Gasteiger partial charge is 0.410 e. The van der Waals surface area contributed by atoms with Gasteiger partial charge in [-0.15, -0.1) is 28.0 Å². The Balaban J connectivity index is 2.64. The standard InChI is InChI=1S/C12H18Cl2NO2.Al/c1-3-4-5-11(14)10-8-15(12(16)17-2)7-9(10)6-13;/h3,11H,4-8H2,1-2H3;. The Morgan fingerprint density at radius 1 is 1.50 bits per heavy atom. The number of ether oxygens (including phenoxy) is 1. The van der Waals surface area contributed by atoms with Crippen LogP contribution in [0, 0.1) is 0 Å². The molecule has 2 atom stereocenters. The molecule has 1 amide bonds. The number of carbonyl (C=O) groups is 1. The van der Waals surface area contributed by atoms with E-state index in [1.165, 1.54) is 7.11 Å². The average Bonchev–Trinajstić information content (AvgIpc) is 2.78. The zero-order valence-electron chi connectivity index (χ0n) is 10.8. The van der Waals surface area contributed by atoms with Crippen LogP contribution in [-0.4, -0.2) is 58.7 Å². The SMILES string of the molecule is COC(=O)N1CC(CCl)=C(C(Cl)CC[CH](C)[Al])C1. The van der Waals surface area contributed by atoms with Gasteiger partial charge in [0.2, 0.25) is 0 Å². The Labute approximate surface area is 127 Å². The number of hydrogen-bond acceptors (Lipinski definition) is 2. The molecule has 0 N–H and O–H groups in total. The molecule has 0 aromatic carbocycles. The lowest BCUT2D eigenvalue weighted by Crippen LogP contribution is -2.30. The lowest BCUT2D eigenvalue weighted by atomic mass is 10.0. The molecule has 0 saturated heterocycles. The van der Waals surface area contributed by atoms with Gasteiger partial charge in [0.1, 0.15) is 16.3 Å². The molecular weight excluding hydrogens is 288 g/mol. The largest absolute Gasteiger partial charge is 0.453 e. The van der Waals surface area contributed by atoms with Gasteiger partial charge in [-0.2, -0.15) is 0 Å². The minimum Gasteiger partial charge on any atom is -0.453 e. The van der Waals surface area contributed by atoms with Gasteiger partial charge in [0.25, 0.3) is 0 Å². The summed E-state index contributed by atoms with van der Waals surface area (Å²) in [6, 6.07) is 0. The molecule has 2 unspecified atom stereocenters. The average molecular weight is 306 g/mol. The quantitative estimate of drug-likeness (QED) is 0.444. The zero-order valence-corrected chi connectivity index (χ0v) is 13.5. The van der Waals surface area contributed by atoms with E-state index in [1.807, 2.05) is 0 Å². The van der Waals surface area contributed by atoms with Crippen molar-refractivity contribution in [2.75, 3.05) is 26.1 Å². The summed E-state index contributed by atoms with van der Waals surface area (Å²) < 4.78 is 5.27. The summed E-state index contributed by atoms with van der Waals surface area (Å²) >= 11 is 15.1. The summed E-state index contributed by atoms with van der Waals surface area (Å²) in [5, 5.41) is -0.0450. The molecule has 0 bridgehead atoms. The van der Waals surface area contributed by atoms with E-state index < -0.39 is 0 Å². The summed E-state index contributed by atoms with van der Waals surface area (Å²) in [5.41, 5.74) is 2.14. The first-order valence-electron chi connectivity index (χ1n) is 5.98. The molecular formula is C12H18AlCl2NO2. The van der Waals surface area contributed by atoms with Gasteiger partial charge in [-0.1, -0.05) is 13.3 Å². The predicted octanol–water partition coefficient (Wildman–Crippen LogP) is 2.97. The number of nitrogens with zero attached hydrogens (tertiary/aromatic N) is 1. The second-order valence-corrected chi connectivity index (χ2v) is 6.54. The first kappa shape index (κ1) is 16.2. The molecule has 3 nitrogen and oxygen atoms in total. The van der Waals surface area contributed by atoms with Crippen LogP contribution >= 0.6 is 23.2 Å². The van der Waals surface area contributed by atoms with E-state index in [0.717, 1.165) is 24.0 Å². The van der Waals surface area contributed by atoms with Crippen molar-refractivity contribution < 1.29 is 9.53 Å². The van der Waals surface area contributed by atoms with Gasteiger partial charge < -0.3 is 9.64 Å². The van der Waals surface area contributed by atoms with E-state index >= 15 is 0 Å². The van der Waals surface area contributed by atoms with Crippen LogP contribution in [0.4, 0.5) is 4.79 Å². The molecule has 1 rings (SSSR count). The van der Waals surface area contributed by atoms with Crippen LogP contribution in [0.25, 0.3) is 0 Å². The molecule has 0 saturated carbocycles. The van der Waals surface area contributed by atoms with Crippen LogP contribution in [0.2, 0.25) is 4.78 Å². The number of alkyl halides is 2. The van der Waals surface area contributed by atoms with Gasteiger partial charge in [0.05, 0.1) is 12.5 Å². The minimum atomic E-state index is -0.323. The van der Waals surface area contributed by atoms with Crippen LogP contribution in [0.15, 0.2) is 11.1 Å². The maximum absolute atomic E-state index is 11.5. The second kappa shape index (κ2) is 7.65. The summed E-state index contributed by atoms with van der Waals surface area (Å²) in [5.74, 6) is 0.419. The van der Waals surface area contributed by atoms with Crippen molar-refractivity contribution in [2.45, 2.75) is 29.9 Å². The van der Waals surface area contributed by atoms with Gasteiger partial charge in [0, 0.05) is 19.0 Å². The number of rotatable bonds is 5. The Morgan fingerprint density at radius 3 is 2.67 bits per heavy atom. The molecule has 0 aromatic rings. The van der Waals surface area contributed by atoms with Crippen LogP contribution in [-0.2, 0) is 4.74 Å². The maximum atomic E-state index is 11.5. The highest BCUT2D eigenvalue weighted by atomic mass is 35.5. The number of hydrogen-bond donors (Lipinski definition) is 0. The molecule has 1 aliphatic heterocycles. The van der Waals surface area contributed by atoms with Crippen molar-refractivity contribution in [1.29, 1.82) is 0 Å². The highest BCUT2D eigenvalue weighted by molar-refractivity contribution is 6.23. The monoisotopic (exact) mass is 305 g/mol. The normalized spacial score (nSPS) is 19.0. The lowest BCUT2D eigenvalue weighted by molar-refractivity contribution is 0.133. The van der Waals surface area contributed by atoms with Gasteiger partial charge in [-0.05, 0) is 17.6 Å². The Bertz CT molecular complexity index is 334. The lowest BCUT2D eigenvalue weighted by Gasteiger charge is -2.17. The molecule has 2 radical (unpaired) electrons.